The summed E-state index contributed by atoms with van der Waals surface area (Å²) in [6, 6.07) is 13.0. The molecule has 1 heterocycles. The smallest absolute Gasteiger partial charge is 0.418 e. The van der Waals surface area contributed by atoms with Crippen molar-refractivity contribution < 1.29 is 27.6 Å². The zero-order chi connectivity index (χ0) is 23.7. The largest absolute Gasteiger partial charge is 0.457 e. The molecule has 0 spiro atoms. The molecular formula is C22H22N2O7S. The lowest BCUT2D eigenvalue weighted by molar-refractivity contribution is -0.384. The first-order valence-electron chi connectivity index (χ1n) is 9.53. The molecule has 168 valence electrons. The van der Waals surface area contributed by atoms with E-state index in [1.165, 1.54) is 53.2 Å². The zero-order valence-corrected chi connectivity index (χ0v) is 18.8. The molecule has 9 nitrogen and oxygen atoms in total. The minimum Gasteiger partial charge on any atom is -0.457 e. The van der Waals surface area contributed by atoms with Gasteiger partial charge in [-0.2, -0.15) is 0 Å². The zero-order valence-electron chi connectivity index (χ0n) is 17.9. The number of hydrogen-bond acceptors (Lipinski definition) is 7. The van der Waals surface area contributed by atoms with Gasteiger partial charge in [0.1, 0.15) is 17.1 Å². The molecule has 0 aliphatic rings. The maximum Gasteiger partial charge on any atom is 0.418 e. The van der Waals surface area contributed by atoms with E-state index in [0.717, 1.165) is 6.26 Å². The van der Waals surface area contributed by atoms with Crippen LogP contribution in [-0.4, -0.2) is 35.9 Å². The molecule has 0 N–H and O–H groups in total. The summed E-state index contributed by atoms with van der Waals surface area (Å²) in [4.78, 5) is 23.6. The van der Waals surface area contributed by atoms with Crippen molar-refractivity contribution in [1.82, 2.24) is 4.57 Å². The molecule has 0 bridgehead atoms. The molecule has 0 fully saturated rings. The predicted octanol–water partition coefficient (Wildman–Crippen LogP) is 5.04. The molecule has 3 aromatic rings. The van der Waals surface area contributed by atoms with Crippen LogP contribution in [0.3, 0.4) is 0 Å². The van der Waals surface area contributed by atoms with Crippen LogP contribution in [0.25, 0.3) is 11.3 Å². The van der Waals surface area contributed by atoms with Gasteiger partial charge in [0.05, 0.1) is 15.5 Å². The van der Waals surface area contributed by atoms with E-state index < -0.39 is 26.5 Å². The van der Waals surface area contributed by atoms with Crippen LogP contribution in [0.4, 0.5) is 10.5 Å². The van der Waals surface area contributed by atoms with Gasteiger partial charge in [-0.15, -0.1) is 0 Å². The van der Waals surface area contributed by atoms with Gasteiger partial charge in [0.2, 0.25) is 0 Å². The Balaban J connectivity index is 2.05. The predicted molar refractivity (Wildman–Crippen MR) is 118 cm³/mol. The molecule has 0 aliphatic carbocycles. The van der Waals surface area contributed by atoms with Crippen molar-refractivity contribution in [2.75, 3.05) is 6.26 Å². The lowest BCUT2D eigenvalue weighted by Crippen LogP contribution is -2.27. The Labute approximate surface area is 185 Å². The number of carbonyl (C=O) groups is 1. The SMILES string of the molecule is CC(C)(C)OC(=O)n1cccc1-c1cc([N+](=O)[O-])ccc1Oc1ccc(S(C)(=O)=O)cc1. The molecule has 0 amide bonds. The van der Waals surface area contributed by atoms with Crippen LogP contribution in [0.15, 0.2) is 65.7 Å². The third-order valence-corrected chi connectivity index (χ3v) is 5.40. The lowest BCUT2D eigenvalue weighted by Gasteiger charge is -2.21. The number of rotatable bonds is 5. The minimum absolute atomic E-state index is 0.132. The first-order chi connectivity index (χ1) is 14.8. The van der Waals surface area contributed by atoms with E-state index in [0.29, 0.717) is 17.0 Å². The van der Waals surface area contributed by atoms with Gasteiger partial charge in [0.15, 0.2) is 9.84 Å². The summed E-state index contributed by atoms with van der Waals surface area (Å²) in [5.41, 5.74) is -0.285. The molecule has 0 atom stereocenters. The second kappa shape index (κ2) is 8.46. The maximum atomic E-state index is 12.6. The first kappa shape index (κ1) is 23.0. The molecule has 1 aromatic heterocycles. The molecule has 32 heavy (non-hydrogen) atoms. The number of nitro groups is 1. The molecule has 0 saturated heterocycles. The fraction of sp³-hybridized carbons (Fsp3) is 0.227. The molecule has 10 heteroatoms. The van der Waals surface area contributed by atoms with Crippen molar-refractivity contribution in [3.05, 3.63) is 70.9 Å². The maximum absolute atomic E-state index is 12.6. The quantitative estimate of drug-likeness (QED) is 0.388. The molecule has 0 aliphatic heterocycles. The number of sulfone groups is 1. The van der Waals surface area contributed by atoms with Crippen molar-refractivity contribution in [1.29, 1.82) is 0 Å². The van der Waals surface area contributed by atoms with E-state index in [1.54, 1.807) is 32.9 Å². The van der Waals surface area contributed by atoms with E-state index in [-0.39, 0.29) is 16.3 Å². The van der Waals surface area contributed by atoms with Crippen LogP contribution >= 0.6 is 0 Å². The first-order valence-corrected chi connectivity index (χ1v) is 11.4. The highest BCUT2D eigenvalue weighted by Crippen LogP contribution is 2.37. The lowest BCUT2D eigenvalue weighted by atomic mass is 10.1. The summed E-state index contributed by atoms with van der Waals surface area (Å²) in [5.74, 6) is 0.564. The van der Waals surface area contributed by atoms with Gasteiger partial charge in [0, 0.05) is 30.1 Å². The fourth-order valence-corrected chi connectivity index (χ4v) is 3.50. The van der Waals surface area contributed by atoms with E-state index in [2.05, 4.69) is 0 Å². The van der Waals surface area contributed by atoms with Crippen molar-refractivity contribution in [2.24, 2.45) is 0 Å². The van der Waals surface area contributed by atoms with Gasteiger partial charge in [0.25, 0.3) is 5.69 Å². The van der Waals surface area contributed by atoms with Gasteiger partial charge >= 0.3 is 6.09 Å². The van der Waals surface area contributed by atoms with Gasteiger partial charge in [-0.3, -0.25) is 14.7 Å². The summed E-state index contributed by atoms with van der Waals surface area (Å²) in [6.07, 6.45) is 1.95. The Morgan fingerprint density at radius 3 is 2.28 bits per heavy atom. The van der Waals surface area contributed by atoms with Crippen LogP contribution in [-0.2, 0) is 14.6 Å². The normalized spacial score (nSPS) is 11.8. The van der Waals surface area contributed by atoms with Gasteiger partial charge in [-0.05, 0) is 63.2 Å². The second-order valence-electron chi connectivity index (χ2n) is 8.03. The van der Waals surface area contributed by atoms with Crippen LogP contribution in [0, 0.1) is 10.1 Å². The standard InChI is InChI=1S/C22H22N2O7S/c1-22(2,3)31-21(25)23-13-5-6-19(23)18-14-15(24(26)27)7-12-20(18)30-16-8-10-17(11-9-16)32(4,28)29/h5-14H,1-4H3. The topological polar surface area (TPSA) is 118 Å². The van der Waals surface area contributed by atoms with E-state index in [1.807, 2.05) is 0 Å². The summed E-state index contributed by atoms with van der Waals surface area (Å²) in [7, 11) is -3.37. The number of aromatic nitrogens is 1. The number of nitrogens with zero attached hydrogens (tertiary/aromatic N) is 2. The van der Waals surface area contributed by atoms with Crippen molar-refractivity contribution in [3.63, 3.8) is 0 Å². The Bertz CT molecular complexity index is 1270. The third kappa shape index (κ3) is 5.33. The molecular weight excluding hydrogens is 436 g/mol. The number of non-ortho nitro benzene ring substituents is 1. The van der Waals surface area contributed by atoms with Gasteiger partial charge in [-0.1, -0.05) is 0 Å². The highest BCUT2D eigenvalue weighted by atomic mass is 32.2. The Kier molecular flexibility index (Phi) is 6.09. The van der Waals surface area contributed by atoms with Crippen molar-refractivity contribution >= 4 is 21.6 Å². The Hall–Kier alpha value is -3.66. The van der Waals surface area contributed by atoms with E-state index in [4.69, 9.17) is 9.47 Å². The summed E-state index contributed by atoms with van der Waals surface area (Å²) < 4.78 is 35.9. The minimum atomic E-state index is -3.37. The van der Waals surface area contributed by atoms with Crippen molar-refractivity contribution in [3.8, 4) is 22.8 Å². The molecule has 0 unspecified atom stereocenters. The third-order valence-electron chi connectivity index (χ3n) is 4.27. The fourth-order valence-electron chi connectivity index (χ4n) is 2.87. The number of carbonyl (C=O) groups excluding carboxylic acids is 1. The van der Waals surface area contributed by atoms with Crippen LogP contribution < -0.4 is 4.74 Å². The van der Waals surface area contributed by atoms with Gasteiger partial charge in [-0.25, -0.2) is 13.2 Å². The summed E-state index contributed by atoms with van der Waals surface area (Å²) >= 11 is 0. The summed E-state index contributed by atoms with van der Waals surface area (Å²) in [6.45, 7) is 5.20. The monoisotopic (exact) mass is 458 g/mol. The van der Waals surface area contributed by atoms with Crippen LogP contribution in [0.1, 0.15) is 20.8 Å². The molecule has 0 radical (unpaired) electrons. The van der Waals surface area contributed by atoms with Crippen molar-refractivity contribution in [2.45, 2.75) is 31.3 Å². The molecule has 3 rings (SSSR count). The van der Waals surface area contributed by atoms with E-state index in [9.17, 15) is 23.3 Å². The highest BCUT2D eigenvalue weighted by molar-refractivity contribution is 7.90. The highest BCUT2D eigenvalue weighted by Gasteiger charge is 2.23. The number of benzene rings is 2. The average molecular weight is 458 g/mol. The van der Waals surface area contributed by atoms with Gasteiger partial charge < -0.3 is 9.47 Å². The Morgan fingerprint density at radius 2 is 1.72 bits per heavy atom. The number of ether oxygens (including phenoxy) is 2. The second-order valence-corrected chi connectivity index (χ2v) is 10.0. The van der Waals surface area contributed by atoms with Crippen LogP contribution in [0.5, 0.6) is 11.5 Å². The van der Waals surface area contributed by atoms with Crippen LogP contribution in [0.2, 0.25) is 0 Å². The number of nitro benzene ring substituents is 1. The number of hydrogen-bond donors (Lipinski definition) is 0. The Morgan fingerprint density at radius 1 is 1.06 bits per heavy atom. The molecule has 2 aromatic carbocycles. The molecule has 0 saturated carbocycles. The van der Waals surface area contributed by atoms with E-state index >= 15 is 0 Å². The average Bonchev–Trinajstić information content (AvgIpc) is 3.16. The summed E-state index contributed by atoms with van der Waals surface area (Å²) in [5, 5.41) is 11.3.